The molecule has 1 rings (SSSR count). The van der Waals surface area contributed by atoms with E-state index in [1.54, 1.807) is 5.06 Å². The third-order valence-electron chi connectivity index (χ3n) is 4.01. The van der Waals surface area contributed by atoms with Gasteiger partial charge in [0.1, 0.15) is 6.61 Å². The second kappa shape index (κ2) is 5.95. The molecule has 1 fully saturated rings. The van der Waals surface area contributed by atoms with Crippen molar-refractivity contribution in [1.29, 1.82) is 0 Å². The molecule has 1 saturated heterocycles. The summed E-state index contributed by atoms with van der Waals surface area (Å²) in [5.74, 6) is -0.476. The molecule has 1 aliphatic rings. The summed E-state index contributed by atoms with van der Waals surface area (Å²) < 4.78 is 0. The van der Waals surface area contributed by atoms with Gasteiger partial charge in [0.2, 0.25) is 0 Å². The van der Waals surface area contributed by atoms with Gasteiger partial charge in [-0.3, -0.25) is 4.79 Å². The minimum atomic E-state index is -0.776. The molecule has 0 aliphatic carbocycles. The van der Waals surface area contributed by atoms with Gasteiger partial charge in [-0.1, -0.05) is 6.42 Å². The number of hydrogen-bond acceptors (Lipinski definition) is 6. The lowest BCUT2D eigenvalue weighted by Crippen LogP contribution is -2.58. The van der Waals surface area contributed by atoms with E-state index in [4.69, 9.17) is 4.84 Å². The number of carbonyl (C=O) groups is 1. The Morgan fingerprint density at radius 2 is 2.00 bits per heavy atom. The van der Waals surface area contributed by atoms with Crippen LogP contribution in [-0.4, -0.2) is 33.8 Å². The highest BCUT2D eigenvalue weighted by Crippen LogP contribution is 2.40. The Hall–Kier alpha value is -1.37. The monoisotopic (exact) mass is 288 g/mol. The summed E-state index contributed by atoms with van der Waals surface area (Å²) in [6.07, 6.45) is 2.54. The minimum absolute atomic E-state index is 0.00778. The first-order valence-corrected chi connectivity index (χ1v) is 6.83. The fourth-order valence-corrected chi connectivity index (χ4v) is 2.99. The first kappa shape index (κ1) is 16.7. The molecule has 0 N–H and O–H groups in total. The second-order valence-electron chi connectivity index (χ2n) is 6.45. The third-order valence-corrected chi connectivity index (χ3v) is 4.01. The maximum Gasteiger partial charge on any atom is 0.322 e. The Labute approximate surface area is 119 Å². The highest BCUT2D eigenvalue weighted by Gasteiger charge is 2.47. The standard InChI is InChI=1S/C13H24N2O5/c1-10(16)20-14-12(2,3)8-6-7-11(13(14,4)5)9-19-15(17)18/h11H,6-9H2,1-5H3. The predicted octanol–water partition coefficient (Wildman–Crippen LogP) is 2.33. The van der Waals surface area contributed by atoms with Crippen LogP contribution in [0, 0.1) is 16.0 Å². The molecule has 0 aromatic heterocycles. The second-order valence-corrected chi connectivity index (χ2v) is 6.45. The van der Waals surface area contributed by atoms with E-state index in [0.717, 1.165) is 19.3 Å². The van der Waals surface area contributed by atoms with Crippen molar-refractivity contribution in [2.75, 3.05) is 6.61 Å². The molecule has 0 amide bonds. The van der Waals surface area contributed by atoms with E-state index in [1.165, 1.54) is 6.92 Å². The van der Waals surface area contributed by atoms with E-state index in [2.05, 4.69) is 4.84 Å². The summed E-state index contributed by atoms with van der Waals surface area (Å²) in [5.41, 5.74) is -0.861. The first-order valence-electron chi connectivity index (χ1n) is 6.83. The van der Waals surface area contributed by atoms with Crippen molar-refractivity contribution in [2.24, 2.45) is 5.92 Å². The molecule has 20 heavy (non-hydrogen) atoms. The summed E-state index contributed by atoms with van der Waals surface area (Å²) in [5, 5.41) is 11.3. The van der Waals surface area contributed by atoms with Gasteiger partial charge in [-0.05, 0) is 40.5 Å². The average Bonchev–Trinajstić information content (AvgIpc) is 2.35. The molecule has 0 saturated carbocycles. The van der Waals surface area contributed by atoms with Gasteiger partial charge in [0.05, 0.1) is 11.1 Å². The zero-order chi connectivity index (χ0) is 15.6. The number of nitrogens with zero attached hydrogens (tertiary/aromatic N) is 2. The van der Waals surface area contributed by atoms with Crippen LogP contribution in [0.4, 0.5) is 0 Å². The quantitative estimate of drug-likeness (QED) is 0.583. The maximum atomic E-state index is 11.4. The molecule has 7 nitrogen and oxygen atoms in total. The SMILES string of the molecule is CC(=O)ON1C(C)(C)CCCC(CO[N+](=O)[O-])C1(C)C. The number of rotatable bonds is 4. The summed E-state index contributed by atoms with van der Waals surface area (Å²) in [6, 6.07) is 0. The van der Waals surface area contributed by atoms with E-state index in [9.17, 15) is 14.9 Å². The van der Waals surface area contributed by atoms with Crippen molar-refractivity contribution in [1.82, 2.24) is 5.06 Å². The van der Waals surface area contributed by atoms with Crippen LogP contribution in [-0.2, 0) is 14.5 Å². The van der Waals surface area contributed by atoms with Gasteiger partial charge >= 0.3 is 5.97 Å². The van der Waals surface area contributed by atoms with Crippen LogP contribution in [0.15, 0.2) is 0 Å². The van der Waals surface area contributed by atoms with Crippen LogP contribution < -0.4 is 0 Å². The van der Waals surface area contributed by atoms with Crippen molar-refractivity contribution in [2.45, 2.75) is 65.0 Å². The maximum absolute atomic E-state index is 11.4. The normalized spacial score (nSPS) is 25.6. The molecule has 1 heterocycles. The number of carbonyl (C=O) groups excluding carboxylic acids is 1. The molecule has 0 spiro atoms. The smallest absolute Gasteiger partial charge is 0.322 e. The Morgan fingerprint density at radius 3 is 2.50 bits per heavy atom. The lowest BCUT2D eigenvalue weighted by atomic mass is 9.85. The zero-order valence-corrected chi connectivity index (χ0v) is 12.8. The Balaban J connectivity index is 3.00. The summed E-state index contributed by atoms with van der Waals surface area (Å²) in [6.45, 7) is 9.24. The van der Waals surface area contributed by atoms with E-state index in [0.29, 0.717) is 0 Å². The lowest BCUT2D eigenvalue weighted by Gasteiger charge is -2.47. The molecular formula is C13H24N2O5. The number of hydrogen-bond donors (Lipinski definition) is 0. The topological polar surface area (TPSA) is 81.9 Å². The molecule has 0 bridgehead atoms. The molecule has 0 aromatic rings. The molecule has 1 atom stereocenters. The van der Waals surface area contributed by atoms with Crippen molar-refractivity contribution in [3.8, 4) is 0 Å². The lowest BCUT2D eigenvalue weighted by molar-refractivity contribution is -0.759. The zero-order valence-electron chi connectivity index (χ0n) is 12.8. The number of hydroxylamine groups is 2. The summed E-state index contributed by atoms with van der Waals surface area (Å²) in [7, 11) is 0. The molecule has 116 valence electrons. The van der Waals surface area contributed by atoms with E-state index in [-0.39, 0.29) is 24.0 Å². The Morgan fingerprint density at radius 1 is 1.40 bits per heavy atom. The predicted molar refractivity (Wildman–Crippen MR) is 72.1 cm³/mol. The third kappa shape index (κ3) is 3.82. The van der Waals surface area contributed by atoms with E-state index >= 15 is 0 Å². The molecule has 0 aromatic carbocycles. The fourth-order valence-electron chi connectivity index (χ4n) is 2.99. The van der Waals surface area contributed by atoms with Crippen molar-refractivity contribution < 1.29 is 19.6 Å². The first-order chi connectivity index (χ1) is 9.07. The van der Waals surface area contributed by atoms with Gasteiger partial charge in [0.25, 0.3) is 5.09 Å². The Kier molecular flexibility index (Phi) is 4.96. The molecule has 0 radical (unpaired) electrons. The van der Waals surface area contributed by atoms with Crippen LogP contribution >= 0.6 is 0 Å². The van der Waals surface area contributed by atoms with Gasteiger partial charge in [-0.25, -0.2) is 0 Å². The van der Waals surface area contributed by atoms with Crippen molar-refractivity contribution in [3.05, 3.63) is 10.1 Å². The molecule has 7 heteroatoms. The van der Waals surface area contributed by atoms with Gasteiger partial charge in [-0.15, -0.1) is 15.2 Å². The fraction of sp³-hybridized carbons (Fsp3) is 0.923. The van der Waals surface area contributed by atoms with Crippen molar-refractivity contribution >= 4 is 5.97 Å². The van der Waals surface area contributed by atoms with E-state index in [1.807, 2.05) is 27.7 Å². The highest BCUT2D eigenvalue weighted by molar-refractivity contribution is 5.65. The van der Waals surface area contributed by atoms with Crippen LogP contribution in [0.5, 0.6) is 0 Å². The van der Waals surface area contributed by atoms with Crippen LogP contribution in [0.2, 0.25) is 0 Å². The largest absolute Gasteiger partial charge is 0.367 e. The van der Waals surface area contributed by atoms with Gasteiger partial charge in [-0.2, -0.15) is 0 Å². The van der Waals surface area contributed by atoms with Gasteiger partial charge in [0.15, 0.2) is 0 Å². The highest BCUT2D eigenvalue weighted by atomic mass is 16.9. The Bertz CT molecular complexity index is 381. The van der Waals surface area contributed by atoms with Gasteiger partial charge < -0.3 is 9.68 Å². The van der Waals surface area contributed by atoms with Crippen molar-refractivity contribution in [3.63, 3.8) is 0 Å². The molecular weight excluding hydrogens is 264 g/mol. The minimum Gasteiger partial charge on any atom is -0.367 e. The van der Waals surface area contributed by atoms with Crippen LogP contribution in [0.1, 0.15) is 53.9 Å². The average molecular weight is 288 g/mol. The van der Waals surface area contributed by atoms with E-state index < -0.39 is 10.6 Å². The summed E-state index contributed by atoms with van der Waals surface area (Å²) in [4.78, 5) is 31.7. The van der Waals surface area contributed by atoms with Crippen LogP contribution in [0.25, 0.3) is 0 Å². The molecule has 1 unspecified atom stereocenters. The molecule has 1 aliphatic heterocycles. The summed E-state index contributed by atoms with van der Waals surface area (Å²) >= 11 is 0. The van der Waals surface area contributed by atoms with Crippen LogP contribution in [0.3, 0.4) is 0 Å². The van der Waals surface area contributed by atoms with Gasteiger partial charge in [0, 0.05) is 12.8 Å².